The molecule has 0 aliphatic carbocycles. The monoisotopic (exact) mass is 377 g/mol. The first-order chi connectivity index (χ1) is 12.7. The average Bonchev–Trinajstić information content (AvgIpc) is 3.16. The van der Waals surface area contributed by atoms with Gasteiger partial charge < -0.3 is 16.0 Å². The Hall–Kier alpha value is -1.60. The molecule has 26 heavy (non-hydrogen) atoms. The molecule has 0 spiro atoms. The van der Waals surface area contributed by atoms with Crippen LogP contribution in [0.2, 0.25) is 0 Å². The van der Waals surface area contributed by atoms with Crippen molar-refractivity contribution in [2.24, 2.45) is 10.9 Å². The zero-order chi connectivity index (χ0) is 18.4. The van der Waals surface area contributed by atoms with Gasteiger partial charge in [-0.05, 0) is 57.1 Å². The van der Waals surface area contributed by atoms with E-state index in [0.717, 1.165) is 32.0 Å². The lowest BCUT2D eigenvalue weighted by Gasteiger charge is -2.38. The fourth-order valence-electron chi connectivity index (χ4n) is 3.94. The molecule has 2 saturated heterocycles. The van der Waals surface area contributed by atoms with Crippen molar-refractivity contribution in [1.82, 2.24) is 20.9 Å². The summed E-state index contributed by atoms with van der Waals surface area (Å²) in [5, 5.41) is 11.9. The maximum absolute atomic E-state index is 11.3. The van der Waals surface area contributed by atoms with Crippen molar-refractivity contribution in [1.29, 1.82) is 0 Å². The third-order valence-corrected chi connectivity index (χ3v) is 6.22. The minimum Gasteiger partial charge on any atom is -0.357 e. The van der Waals surface area contributed by atoms with E-state index in [-0.39, 0.29) is 11.9 Å². The van der Waals surface area contributed by atoms with Crippen LogP contribution in [0.5, 0.6) is 0 Å². The summed E-state index contributed by atoms with van der Waals surface area (Å²) in [6.07, 6.45) is 3.90. The van der Waals surface area contributed by atoms with Crippen molar-refractivity contribution in [2.75, 3.05) is 33.2 Å². The third kappa shape index (κ3) is 4.98. The van der Waals surface area contributed by atoms with E-state index in [4.69, 9.17) is 4.99 Å². The Balaban J connectivity index is 1.64. The molecule has 6 nitrogen and oxygen atoms in total. The van der Waals surface area contributed by atoms with Crippen LogP contribution in [0, 0.1) is 5.92 Å². The summed E-state index contributed by atoms with van der Waals surface area (Å²) in [6.45, 7) is 5.57. The first-order valence-corrected chi connectivity index (χ1v) is 10.6. The molecule has 2 aliphatic rings. The maximum Gasteiger partial charge on any atom is 0.220 e. The van der Waals surface area contributed by atoms with E-state index < -0.39 is 0 Å². The van der Waals surface area contributed by atoms with E-state index in [1.54, 1.807) is 0 Å². The van der Waals surface area contributed by atoms with Gasteiger partial charge in [-0.1, -0.05) is 6.07 Å². The van der Waals surface area contributed by atoms with Gasteiger partial charge in [0, 0.05) is 43.0 Å². The van der Waals surface area contributed by atoms with Crippen molar-refractivity contribution in [2.45, 2.75) is 44.7 Å². The number of carbonyl (C=O) groups excluding carboxylic acids is 1. The molecule has 0 radical (unpaired) electrons. The smallest absolute Gasteiger partial charge is 0.220 e. The topological polar surface area (TPSA) is 68.8 Å². The Kier molecular flexibility index (Phi) is 6.91. The SMILES string of the molecule is CCNC(=NCC1CCCN(C)C1c1cccs1)NC1CCC(=O)NC1. The lowest BCUT2D eigenvalue weighted by molar-refractivity contribution is -0.122. The second-order valence-corrected chi connectivity index (χ2v) is 8.23. The number of thiophene rings is 1. The lowest BCUT2D eigenvalue weighted by Crippen LogP contribution is -2.51. The average molecular weight is 378 g/mol. The predicted molar refractivity (Wildman–Crippen MR) is 108 cm³/mol. The third-order valence-electron chi connectivity index (χ3n) is 5.28. The molecule has 2 aliphatic heterocycles. The number of nitrogens with one attached hydrogen (secondary N) is 3. The first kappa shape index (κ1) is 19.2. The van der Waals surface area contributed by atoms with Gasteiger partial charge in [0.15, 0.2) is 5.96 Å². The number of guanidine groups is 1. The Morgan fingerprint density at radius 1 is 1.46 bits per heavy atom. The van der Waals surface area contributed by atoms with Gasteiger partial charge in [0.25, 0.3) is 0 Å². The number of hydrogen-bond donors (Lipinski definition) is 3. The summed E-state index contributed by atoms with van der Waals surface area (Å²) in [6, 6.07) is 5.12. The van der Waals surface area contributed by atoms with Crippen LogP contribution in [-0.4, -0.2) is 56.0 Å². The first-order valence-electron chi connectivity index (χ1n) is 9.72. The van der Waals surface area contributed by atoms with Crippen molar-refractivity contribution >= 4 is 23.2 Å². The molecule has 1 aromatic rings. The summed E-state index contributed by atoms with van der Waals surface area (Å²) < 4.78 is 0. The highest BCUT2D eigenvalue weighted by molar-refractivity contribution is 7.10. The van der Waals surface area contributed by atoms with Crippen LogP contribution in [0.3, 0.4) is 0 Å². The Morgan fingerprint density at radius 2 is 2.35 bits per heavy atom. The van der Waals surface area contributed by atoms with Gasteiger partial charge in [-0.25, -0.2) is 0 Å². The van der Waals surface area contributed by atoms with Crippen LogP contribution < -0.4 is 16.0 Å². The van der Waals surface area contributed by atoms with Gasteiger partial charge in [-0.3, -0.25) is 14.7 Å². The maximum atomic E-state index is 11.3. The van der Waals surface area contributed by atoms with E-state index in [9.17, 15) is 4.79 Å². The second-order valence-electron chi connectivity index (χ2n) is 7.25. The van der Waals surface area contributed by atoms with Crippen LogP contribution in [0.15, 0.2) is 22.5 Å². The second kappa shape index (κ2) is 9.37. The van der Waals surface area contributed by atoms with E-state index in [2.05, 4.69) is 52.3 Å². The summed E-state index contributed by atoms with van der Waals surface area (Å²) in [5.41, 5.74) is 0. The molecule has 2 fully saturated rings. The highest BCUT2D eigenvalue weighted by Gasteiger charge is 2.31. The van der Waals surface area contributed by atoms with Crippen molar-refractivity contribution in [3.63, 3.8) is 0 Å². The van der Waals surface area contributed by atoms with Gasteiger partial charge in [0.2, 0.25) is 5.91 Å². The standard InChI is InChI=1S/C19H31N5OS/c1-3-20-19(23-15-8-9-17(25)21-13-15)22-12-14-6-4-10-24(2)18(14)16-7-5-11-26-16/h5,7,11,14-15,18H,3-4,6,8-10,12-13H2,1-2H3,(H,21,25)(H2,20,22,23). The molecule has 3 rings (SSSR count). The molecule has 0 bridgehead atoms. The summed E-state index contributed by atoms with van der Waals surface area (Å²) in [5.74, 6) is 1.55. The van der Waals surface area contributed by atoms with Gasteiger partial charge in [0.05, 0.1) is 0 Å². The zero-order valence-electron chi connectivity index (χ0n) is 15.8. The summed E-state index contributed by atoms with van der Waals surface area (Å²) >= 11 is 1.85. The molecule has 144 valence electrons. The fourth-order valence-corrected chi connectivity index (χ4v) is 4.92. The molecule has 3 atom stereocenters. The zero-order valence-corrected chi connectivity index (χ0v) is 16.6. The number of likely N-dealkylation sites (tertiary alicyclic amines) is 1. The van der Waals surface area contributed by atoms with Crippen LogP contribution in [0.25, 0.3) is 0 Å². The van der Waals surface area contributed by atoms with Gasteiger partial charge >= 0.3 is 0 Å². The summed E-state index contributed by atoms with van der Waals surface area (Å²) in [4.78, 5) is 20.2. The van der Waals surface area contributed by atoms with Crippen molar-refractivity contribution in [3.8, 4) is 0 Å². The van der Waals surface area contributed by atoms with E-state index in [0.29, 0.717) is 24.9 Å². The van der Waals surface area contributed by atoms with Crippen LogP contribution in [-0.2, 0) is 4.79 Å². The predicted octanol–water partition coefficient (Wildman–Crippen LogP) is 1.96. The number of piperidine rings is 2. The highest BCUT2D eigenvalue weighted by atomic mass is 32.1. The van der Waals surface area contributed by atoms with E-state index in [1.165, 1.54) is 17.7 Å². The normalized spacial score (nSPS) is 27.8. The number of amides is 1. The van der Waals surface area contributed by atoms with Crippen LogP contribution >= 0.6 is 11.3 Å². The van der Waals surface area contributed by atoms with Gasteiger partial charge in [-0.2, -0.15) is 0 Å². The number of aliphatic imine (C=N–C) groups is 1. The van der Waals surface area contributed by atoms with Crippen molar-refractivity contribution < 1.29 is 4.79 Å². The van der Waals surface area contributed by atoms with Crippen LogP contribution in [0.4, 0.5) is 0 Å². The van der Waals surface area contributed by atoms with Gasteiger partial charge in [-0.15, -0.1) is 11.3 Å². The molecule has 0 aromatic carbocycles. The Labute approximate surface area is 160 Å². The minimum atomic E-state index is 0.147. The largest absolute Gasteiger partial charge is 0.357 e. The Bertz CT molecular complexity index is 593. The lowest BCUT2D eigenvalue weighted by atomic mass is 9.88. The molecular weight excluding hydrogens is 346 g/mol. The fraction of sp³-hybridized carbons (Fsp3) is 0.684. The molecule has 7 heteroatoms. The minimum absolute atomic E-state index is 0.147. The molecule has 1 amide bonds. The summed E-state index contributed by atoms with van der Waals surface area (Å²) in [7, 11) is 2.23. The van der Waals surface area contributed by atoms with Gasteiger partial charge in [0.1, 0.15) is 0 Å². The number of carbonyl (C=O) groups is 1. The molecule has 1 aromatic heterocycles. The molecular formula is C19H31N5OS. The Morgan fingerprint density at radius 3 is 3.04 bits per heavy atom. The highest BCUT2D eigenvalue weighted by Crippen LogP contribution is 2.37. The molecule has 3 unspecified atom stereocenters. The van der Waals surface area contributed by atoms with Crippen LogP contribution in [0.1, 0.15) is 43.5 Å². The number of hydrogen-bond acceptors (Lipinski definition) is 4. The molecule has 3 heterocycles. The quantitative estimate of drug-likeness (QED) is 0.542. The number of rotatable bonds is 5. The van der Waals surface area contributed by atoms with E-state index in [1.807, 2.05) is 11.3 Å². The van der Waals surface area contributed by atoms with Crippen molar-refractivity contribution in [3.05, 3.63) is 22.4 Å². The van der Waals surface area contributed by atoms with E-state index >= 15 is 0 Å². The molecule has 0 saturated carbocycles. The number of nitrogens with zero attached hydrogens (tertiary/aromatic N) is 2. The molecule has 3 N–H and O–H groups in total.